The number of hydrogen-bond donors (Lipinski definition) is 0. The largest absolute Gasteiger partial charge is 0.522 e. The Balaban J connectivity index is 1.50. The second-order valence-corrected chi connectivity index (χ2v) is 6.63. The van der Waals surface area contributed by atoms with Gasteiger partial charge >= 0.3 is 6.36 Å². The molecule has 0 N–H and O–H groups in total. The molecule has 26 heavy (non-hydrogen) atoms. The molecule has 1 aliphatic heterocycles. The third-order valence-corrected chi connectivity index (χ3v) is 4.83. The van der Waals surface area contributed by atoms with Crippen LogP contribution in [0.25, 0.3) is 0 Å². The summed E-state index contributed by atoms with van der Waals surface area (Å²) in [7, 11) is 0. The summed E-state index contributed by atoms with van der Waals surface area (Å²) in [6.45, 7) is -0.420. The van der Waals surface area contributed by atoms with Crippen molar-refractivity contribution in [2.24, 2.45) is 5.92 Å². The van der Waals surface area contributed by atoms with Crippen LogP contribution in [0.1, 0.15) is 37.2 Å². The fourth-order valence-electron chi connectivity index (χ4n) is 3.57. The average molecular weight is 384 g/mol. The number of rotatable bonds is 3. The highest BCUT2D eigenvalue weighted by Gasteiger charge is 2.38. The Kier molecular flexibility index (Phi) is 5.78. The molecular weight excluding hydrogens is 366 g/mol. The van der Waals surface area contributed by atoms with Crippen molar-refractivity contribution >= 4 is 0 Å². The van der Waals surface area contributed by atoms with Crippen LogP contribution >= 0.6 is 0 Å². The standard InChI is InChI=1S/C17H18F6O3/c18-13-5-11(6-14(19)15(13)20)9-1-3-10(4-2-9)16-24-7-12(8-25-16)26-17(21,22)23/h5-6,9-10,12,16H,1-4,7-8H2. The maximum atomic E-state index is 13.4. The first kappa shape index (κ1) is 19.4. The fourth-order valence-corrected chi connectivity index (χ4v) is 3.57. The lowest BCUT2D eigenvalue weighted by atomic mass is 9.78. The van der Waals surface area contributed by atoms with E-state index in [1.165, 1.54) is 0 Å². The lowest BCUT2D eigenvalue weighted by Gasteiger charge is -2.37. The van der Waals surface area contributed by atoms with E-state index < -0.39 is 36.2 Å². The van der Waals surface area contributed by atoms with Crippen LogP contribution in [0.2, 0.25) is 0 Å². The third-order valence-electron chi connectivity index (χ3n) is 4.83. The Bertz CT molecular complexity index is 596. The molecule has 146 valence electrons. The Hall–Kier alpha value is -1.32. The van der Waals surface area contributed by atoms with Crippen LogP contribution in [0.5, 0.6) is 0 Å². The minimum atomic E-state index is -4.73. The summed E-state index contributed by atoms with van der Waals surface area (Å²) >= 11 is 0. The minimum absolute atomic E-state index is 0.0202. The van der Waals surface area contributed by atoms with Crippen LogP contribution in [-0.4, -0.2) is 32.0 Å². The van der Waals surface area contributed by atoms with E-state index in [0.29, 0.717) is 31.2 Å². The highest BCUT2D eigenvalue weighted by Crippen LogP contribution is 2.39. The monoisotopic (exact) mass is 384 g/mol. The van der Waals surface area contributed by atoms with Crippen LogP contribution in [0.15, 0.2) is 12.1 Å². The molecule has 0 bridgehead atoms. The first-order valence-electron chi connectivity index (χ1n) is 8.35. The number of benzene rings is 1. The van der Waals surface area contributed by atoms with Crippen LogP contribution in [0.4, 0.5) is 26.3 Å². The van der Waals surface area contributed by atoms with E-state index in [1.54, 1.807) is 0 Å². The lowest BCUT2D eigenvalue weighted by molar-refractivity contribution is -0.370. The van der Waals surface area contributed by atoms with Gasteiger partial charge in [0.05, 0.1) is 13.2 Å². The molecule has 9 heteroatoms. The molecule has 1 saturated heterocycles. The summed E-state index contributed by atoms with van der Waals surface area (Å²) in [4.78, 5) is 0. The fraction of sp³-hybridized carbons (Fsp3) is 0.647. The topological polar surface area (TPSA) is 27.7 Å². The zero-order valence-electron chi connectivity index (χ0n) is 13.7. The zero-order chi connectivity index (χ0) is 18.9. The van der Waals surface area contributed by atoms with Crippen molar-refractivity contribution in [1.29, 1.82) is 0 Å². The molecule has 0 spiro atoms. The van der Waals surface area contributed by atoms with Crippen molar-refractivity contribution < 1.29 is 40.6 Å². The minimum Gasteiger partial charge on any atom is -0.350 e. The molecule has 1 heterocycles. The Morgan fingerprint density at radius 2 is 1.42 bits per heavy atom. The molecule has 3 nitrogen and oxygen atoms in total. The van der Waals surface area contributed by atoms with Gasteiger partial charge in [-0.1, -0.05) is 0 Å². The SMILES string of the molecule is Fc1cc(C2CCC(C3OCC(OC(F)(F)F)CO3)CC2)cc(F)c1F. The van der Waals surface area contributed by atoms with E-state index in [0.717, 1.165) is 12.1 Å². The predicted octanol–water partition coefficient (Wildman–Crippen LogP) is 4.66. The average Bonchev–Trinajstić information content (AvgIpc) is 2.59. The molecule has 2 fully saturated rings. The van der Waals surface area contributed by atoms with E-state index in [-0.39, 0.29) is 25.0 Å². The molecular formula is C17H18F6O3. The van der Waals surface area contributed by atoms with Gasteiger partial charge in [0.25, 0.3) is 0 Å². The van der Waals surface area contributed by atoms with Crippen LogP contribution in [-0.2, 0) is 14.2 Å². The van der Waals surface area contributed by atoms with E-state index >= 15 is 0 Å². The summed E-state index contributed by atoms with van der Waals surface area (Å²) in [6.07, 6.45) is -4.09. The second kappa shape index (κ2) is 7.74. The molecule has 1 aliphatic carbocycles. The Morgan fingerprint density at radius 3 is 1.92 bits per heavy atom. The first-order valence-corrected chi connectivity index (χ1v) is 8.35. The zero-order valence-corrected chi connectivity index (χ0v) is 13.7. The van der Waals surface area contributed by atoms with Crippen molar-refractivity contribution in [2.45, 2.75) is 50.4 Å². The van der Waals surface area contributed by atoms with E-state index in [9.17, 15) is 26.3 Å². The molecule has 1 aromatic rings. The summed E-state index contributed by atoms with van der Waals surface area (Å²) in [5, 5.41) is 0. The molecule has 1 aromatic carbocycles. The van der Waals surface area contributed by atoms with Gasteiger partial charge in [0.1, 0.15) is 6.10 Å². The third kappa shape index (κ3) is 4.69. The quantitative estimate of drug-likeness (QED) is 0.561. The van der Waals surface area contributed by atoms with Crippen molar-refractivity contribution in [3.8, 4) is 0 Å². The van der Waals surface area contributed by atoms with Crippen molar-refractivity contribution in [3.05, 3.63) is 35.1 Å². The number of hydrogen-bond acceptors (Lipinski definition) is 3. The molecule has 0 radical (unpaired) electrons. The summed E-state index contributed by atoms with van der Waals surface area (Å²) in [5.41, 5.74) is 0.406. The van der Waals surface area contributed by atoms with Gasteiger partial charge in [0.2, 0.25) is 0 Å². The Labute approximate surface area is 146 Å². The van der Waals surface area contributed by atoms with Gasteiger partial charge in [-0.15, -0.1) is 13.2 Å². The molecule has 2 aliphatic rings. The maximum Gasteiger partial charge on any atom is 0.522 e. The summed E-state index contributed by atoms with van der Waals surface area (Å²) in [5.74, 6) is -4.04. The van der Waals surface area contributed by atoms with Gasteiger partial charge in [-0.2, -0.15) is 0 Å². The van der Waals surface area contributed by atoms with Crippen LogP contribution < -0.4 is 0 Å². The summed E-state index contributed by atoms with van der Waals surface area (Å²) in [6, 6.07) is 2.02. The molecule has 0 amide bonds. The first-order chi connectivity index (χ1) is 12.2. The van der Waals surface area contributed by atoms with Crippen molar-refractivity contribution in [1.82, 2.24) is 0 Å². The molecule has 0 aromatic heterocycles. The summed E-state index contributed by atoms with van der Waals surface area (Å²) < 4.78 is 90.9. The number of halogens is 6. The van der Waals surface area contributed by atoms with Crippen LogP contribution in [0.3, 0.4) is 0 Å². The highest BCUT2D eigenvalue weighted by molar-refractivity contribution is 5.23. The van der Waals surface area contributed by atoms with Crippen LogP contribution in [0, 0.1) is 23.4 Å². The van der Waals surface area contributed by atoms with Gasteiger partial charge in [-0.3, -0.25) is 4.74 Å². The van der Waals surface area contributed by atoms with Gasteiger partial charge in [-0.05, 0) is 49.3 Å². The second-order valence-electron chi connectivity index (χ2n) is 6.63. The molecule has 0 atom stereocenters. The van der Waals surface area contributed by atoms with E-state index in [4.69, 9.17) is 9.47 Å². The predicted molar refractivity (Wildman–Crippen MR) is 77.6 cm³/mol. The number of alkyl halides is 3. The maximum absolute atomic E-state index is 13.4. The van der Waals surface area contributed by atoms with Gasteiger partial charge in [0, 0.05) is 5.92 Å². The van der Waals surface area contributed by atoms with E-state index in [2.05, 4.69) is 4.74 Å². The van der Waals surface area contributed by atoms with Gasteiger partial charge in [0.15, 0.2) is 23.7 Å². The molecule has 3 rings (SSSR count). The van der Waals surface area contributed by atoms with Gasteiger partial charge in [-0.25, -0.2) is 13.2 Å². The highest BCUT2D eigenvalue weighted by atomic mass is 19.4. The molecule has 1 saturated carbocycles. The lowest BCUT2D eigenvalue weighted by Crippen LogP contribution is -2.43. The van der Waals surface area contributed by atoms with Gasteiger partial charge < -0.3 is 9.47 Å². The Morgan fingerprint density at radius 1 is 0.885 bits per heavy atom. The smallest absolute Gasteiger partial charge is 0.350 e. The van der Waals surface area contributed by atoms with Crippen molar-refractivity contribution in [3.63, 3.8) is 0 Å². The molecule has 0 unspecified atom stereocenters. The normalized spacial score (nSPS) is 30.4. The number of ether oxygens (including phenoxy) is 3. The van der Waals surface area contributed by atoms with Crippen molar-refractivity contribution in [2.75, 3.05) is 13.2 Å². The van der Waals surface area contributed by atoms with E-state index in [1.807, 2.05) is 0 Å².